The third-order valence-electron chi connectivity index (χ3n) is 3.26. The summed E-state index contributed by atoms with van der Waals surface area (Å²) in [5, 5.41) is 26.0. The summed E-state index contributed by atoms with van der Waals surface area (Å²) in [7, 11) is 1.32. The number of rotatable bonds is 6. The summed E-state index contributed by atoms with van der Waals surface area (Å²) in [5.41, 5.74) is 0.212. The number of benzene rings is 1. The Morgan fingerprint density at radius 3 is 2.75 bits per heavy atom. The number of nitro groups is 1. The molecule has 0 radical (unpaired) electrons. The van der Waals surface area contributed by atoms with E-state index in [1.165, 1.54) is 44.6 Å². The number of hydrogen-bond donors (Lipinski definition) is 2. The monoisotopic (exact) mass is 334 g/mol. The van der Waals surface area contributed by atoms with E-state index in [0.717, 1.165) is 4.68 Å². The largest absolute Gasteiger partial charge is 0.494 e. The number of ether oxygens (including phenoxy) is 1. The zero-order chi connectivity index (χ0) is 17.9. The standard InChI is InChI=1S/C14H14N4O6/c1-8(14(20)21)17-7-9(6-15-17)13(19)16-11-4-3-10(18(22)23)5-12(11)24-2/h3-8H,1-2H3,(H,16,19)(H,20,21). The minimum atomic E-state index is -1.08. The molecule has 10 heteroatoms. The van der Waals surface area contributed by atoms with Crippen LogP contribution in [-0.2, 0) is 4.79 Å². The Hall–Kier alpha value is -3.43. The van der Waals surface area contributed by atoms with Crippen LogP contribution in [0.5, 0.6) is 5.75 Å². The third-order valence-corrected chi connectivity index (χ3v) is 3.26. The van der Waals surface area contributed by atoms with Gasteiger partial charge in [-0.2, -0.15) is 5.10 Å². The van der Waals surface area contributed by atoms with Crippen molar-refractivity contribution in [3.8, 4) is 5.75 Å². The maximum absolute atomic E-state index is 12.2. The molecule has 0 aliphatic heterocycles. The summed E-state index contributed by atoms with van der Waals surface area (Å²) in [6, 6.07) is 2.85. The number of nitrogens with zero attached hydrogens (tertiary/aromatic N) is 3. The van der Waals surface area contributed by atoms with Crippen LogP contribution < -0.4 is 10.1 Å². The molecule has 24 heavy (non-hydrogen) atoms. The SMILES string of the molecule is COc1cc([N+](=O)[O-])ccc1NC(=O)c1cnn(C(C)C(=O)O)c1. The van der Waals surface area contributed by atoms with Gasteiger partial charge in [0.25, 0.3) is 11.6 Å². The average molecular weight is 334 g/mol. The van der Waals surface area contributed by atoms with Crippen molar-refractivity contribution in [1.82, 2.24) is 9.78 Å². The molecule has 0 saturated heterocycles. The Labute approximate surface area is 135 Å². The van der Waals surface area contributed by atoms with Crippen molar-refractivity contribution in [3.05, 3.63) is 46.3 Å². The number of nitro benzene ring substituents is 1. The molecule has 1 atom stereocenters. The number of methoxy groups -OCH3 is 1. The molecule has 10 nitrogen and oxygen atoms in total. The number of anilines is 1. The fraction of sp³-hybridized carbons (Fsp3) is 0.214. The fourth-order valence-electron chi connectivity index (χ4n) is 1.87. The number of carbonyl (C=O) groups excluding carboxylic acids is 1. The van der Waals surface area contributed by atoms with Gasteiger partial charge < -0.3 is 15.2 Å². The van der Waals surface area contributed by atoms with Crippen LogP contribution in [0, 0.1) is 10.1 Å². The van der Waals surface area contributed by atoms with Gasteiger partial charge >= 0.3 is 5.97 Å². The second kappa shape index (κ2) is 6.77. The van der Waals surface area contributed by atoms with Crippen molar-refractivity contribution in [2.75, 3.05) is 12.4 Å². The Balaban J connectivity index is 2.21. The number of carbonyl (C=O) groups is 2. The van der Waals surface area contributed by atoms with Crippen LogP contribution in [0.25, 0.3) is 0 Å². The first kappa shape index (κ1) is 16.9. The second-order valence-corrected chi connectivity index (χ2v) is 4.82. The molecule has 0 fully saturated rings. The smallest absolute Gasteiger partial charge is 0.328 e. The second-order valence-electron chi connectivity index (χ2n) is 4.82. The van der Waals surface area contributed by atoms with Crippen LogP contribution in [0.2, 0.25) is 0 Å². The molecule has 0 aliphatic carbocycles. The van der Waals surface area contributed by atoms with Gasteiger partial charge in [0.05, 0.1) is 35.5 Å². The molecule has 0 spiro atoms. The fourth-order valence-corrected chi connectivity index (χ4v) is 1.87. The zero-order valence-corrected chi connectivity index (χ0v) is 12.8. The van der Waals surface area contributed by atoms with Crippen molar-refractivity contribution in [2.24, 2.45) is 0 Å². The summed E-state index contributed by atoms with van der Waals surface area (Å²) < 4.78 is 6.17. The Kier molecular flexibility index (Phi) is 4.78. The Morgan fingerprint density at radius 1 is 1.46 bits per heavy atom. The van der Waals surface area contributed by atoms with Gasteiger partial charge in [0.1, 0.15) is 11.8 Å². The minimum Gasteiger partial charge on any atom is -0.494 e. The number of aromatic nitrogens is 2. The highest BCUT2D eigenvalue weighted by atomic mass is 16.6. The summed E-state index contributed by atoms with van der Waals surface area (Å²) in [4.78, 5) is 33.3. The molecule has 2 aromatic rings. The maximum atomic E-state index is 12.2. The lowest BCUT2D eigenvalue weighted by Crippen LogP contribution is -2.16. The van der Waals surface area contributed by atoms with Gasteiger partial charge in [0, 0.05) is 12.3 Å². The first-order valence-corrected chi connectivity index (χ1v) is 6.74. The van der Waals surface area contributed by atoms with E-state index in [-0.39, 0.29) is 22.7 Å². The van der Waals surface area contributed by atoms with E-state index in [2.05, 4.69) is 10.4 Å². The number of carboxylic acids is 1. The summed E-state index contributed by atoms with van der Waals surface area (Å²) in [6.45, 7) is 1.43. The molecule has 1 amide bonds. The van der Waals surface area contributed by atoms with Gasteiger partial charge in [-0.3, -0.25) is 19.6 Å². The molecular formula is C14H14N4O6. The van der Waals surface area contributed by atoms with Crippen molar-refractivity contribution < 1.29 is 24.4 Å². The van der Waals surface area contributed by atoms with E-state index in [0.29, 0.717) is 0 Å². The molecule has 1 aromatic carbocycles. The van der Waals surface area contributed by atoms with Crippen molar-refractivity contribution in [3.63, 3.8) is 0 Å². The number of nitrogens with one attached hydrogen (secondary N) is 1. The minimum absolute atomic E-state index is 0.129. The maximum Gasteiger partial charge on any atom is 0.328 e. The molecule has 0 aliphatic rings. The van der Waals surface area contributed by atoms with E-state index in [1.807, 2.05) is 0 Å². The molecule has 1 heterocycles. The number of amides is 1. The molecule has 2 rings (SSSR count). The van der Waals surface area contributed by atoms with Crippen molar-refractivity contribution in [1.29, 1.82) is 0 Å². The van der Waals surface area contributed by atoms with Gasteiger partial charge in [-0.05, 0) is 13.0 Å². The van der Waals surface area contributed by atoms with Crippen LogP contribution in [-0.4, -0.2) is 38.8 Å². The van der Waals surface area contributed by atoms with E-state index in [9.17, 15) is 19.7 Å². The van der Waals surface area contributed by atoms with Gasteiger partial charge in [-0.15, -0.1) is 0 Å². The predicted octanol–water partition coefficient (Wildman–Crippen LogP) is 1.70. The van der Waals surface area contributed by atoms with Crippen LogP contribution in [0.3, 0.4) is 0 Å². The summed E-state index contributed by atoms with van der Waals surface area (Å²) >= 11 is 0. The first-order chi connectivity index (χ1) is 11.3. The van der Waals surface area contributed by atoms with Crippen LogP contribution in [0.4, 0.5) is 11.4 Å². The van der Waals surface area contributed by atoms with E-state index in [4.69, 9.17) is 9.84 Å². The van der Waals surface area contributed by atoms with E-state index in [1.54, 1.807) is 0 Å². The Morgan fingerprint density at radius 2 is 2.17 bits per heavy atom. The first-order valence-electron chi connectivity index (χ1n) is 6.74. The molecule has 0 saturated carbocycles. The average Bonchev–Trinajstić information content (AvgIpc) is 3.04. The van der Waals surface area contributed by atoms with Crippen LogP contribution >= 0.6 is 0 Å². The predicted molar refractivity (Wildman–Crippen MR) is 82.2 cm³/mol. The summed E-state index contributed by atoms with van der Waals surface area (Å²) in [5.74, 6) is -1.50. The number of hydrogen-bond acceptors (Lipinski definition) is 6. The zero-order valence-electron chi connectivity index (χ0n) is 12.8. The van der Waals surface area contributed by atoms with Crippen LogP contribution in [0.1, 0.15) is 23.3 Å². The van der Waals surface area contributed by atoms with Gasteiger partial charge in [0.15, 0.2) is 0 Å². The number of aliphatic carboxylic acids is 1. The van der Waals surface area contributed by atoms with Gasteiger partial charge in [0.2, 0.25) is 0 Å². The number of non-ortho nitro benzene ring substituents is 1. The highest BCUT2D eigenvalue weighted by molar-refractivity contribution is 6.04. The van der Waals surface area contributed by atoms with Crippen molar-refractivity contribution in [2.45, 2.75) is 13.0 Å². The summed E-state index contributed by atoms with van der Waals surface area (Å²) in [6.07, 6.45) is 2.53. The highest BCUT2D eigenvalue weighted by Gasteiger charge is 2.18. The molecule has 2 N–H and O–H groups in total. The van der Waals surface area contributed by atoms with E-state index >= 15 is 0 Å². The molecule has 1 aromatic heterocycles. The topological polar surface area (TPSA) is 137 Å². The van der Waals surface area contributed by atoms with Crippen LogP contribution in [0.15, 0.2) is 30.6 Å². The lowest BCUT2D eigenvalue weighted by Gasteiger charge is -2.09. The quantitative estimate of drug-likeness (QED) is 0.606. The third kappa shape index (κ3) is 3.48. The highest BCUT2D eigenvalue weighted by Crippen LogP contribution is 2.29. The Bertz CT molecular complexity index is 800. The normalized spacial score (nSPS) is 11.6. The molecule has 1 unspecified atom stereocenters. The molecular weight excluding hydrogens is 320 g/mol. The lowest BCUT2D eigenvalue weighted by atomic mass is 10.2. The molecule has 126 valence electrons. The molecule has 0 bridgehead atoms. The van der Waals surface area contributed by atoms with E-state index < -0.39 is 22.8 Å². The number of carboxylic acid groups (broad SMARTS) is 1. The van der Waals surface area contributed by atoms with Gasteiger partial charge in [-0.1, -0.05) is 0 Å². The lowest BCUT2D eigenvalue weighted by molar-refractivity contribution is -0.384. The van der Waals surface area contributed by atoms with Gasteiger partial charge in [-0.25, -0.2) is 4.79 Å². The van der Waals surface area contributed by atoms with Crippen molar-refractivity contribution >= 4 is 23.3 Å².